The van der Waals surface area contributed by atoms with Crippen molar-refractivity contribution in [2.75, 3.05) is 0 Å². The Morgan fingerprint density at radius 2 is 2.27 bits per heavy atom. The lowest BCUT2D eigenvalue weighted by Gasteiger charge is -1.89. The SMILES string of the molecule is O=[N+]([O-])c1cccc(Cl)c1.c1cscn1. The summed E-state index contributed by atoms with van der Waals surface area (Å²) < 4.78 is 0. The van der Waals surface area contributed by atoms with Crippen molar-refractivity contribution in [2.24, 2.45) is 0 Å². The molecule has 78 valence electrons. The van der Waals surface area contributed by atoms with Gasteiger partial charge in [-0.15, -0.1) is 11.3 Å². The number of rotatable bonds is 1. The van der Waals surface area contributed by atoms with Crippen LogP contribution >= 0.6 is 22.9 Å². The van der Waals surface area contributed by atoms with Gasteiger partial charge in [-0.1, -0.05) is 17.7 Å². The van der Waals surface area contributed by atoms with E-state index in [1.807, 2.05) is 5.38 Å². The van der Waals surface area contributed by atoms with Crippen LogP contribution in [0.2, 0.25) is 5.02 Å². The predicted molar refractivity (Wildman–Crippen MR) is 60.2 cm³/mol. The zero-order valence-corrected chi connectivity index (χ0v) is 9.11. The van der Waals surface area contributed by atoms with Gasteiger partial charge in [0.15, 0.2) is 0 Å². The zero-order chi connectivity index (χ0) is 11.1. The number of aromatic nitrogens is 1. The van der Waals surface area contributed by atoms with E-state index >= 15 is 0 Å². The molecule has 0 spiro atoms. The van der Waals surface area contributed by atoms with Gasteiger partial charge in [0.25, 0.3) is 5.69 Å². The van der Waals surface area contributed by atoms with Gasteiger partial charge in [0.05, 0.1) is 10.4 Å². The number of halogens is 1. The molecule has 0 bridgehead atoms. The van der Waals surface area contributed by atoms with Gasteiger partial charge in [0, 0.05) is 28.7 Å². The zero-order valence-electron chi connectivity index (χ0n) is 7.54. The van der Waals surface area contributed by atoms with E-state index in [-0.39, 0.29) is 5.69 Å². The van der Waals surface area contributed by atoms with Crippen molar-refractivity contribution in [2.45, 2.75) is 0 Å². The first-order chi connectivity index (χ1) is 7.20. The highest BCUT2D eigenvalue weighted by atomic mass is 35.5. The Hall–Kier alpha value is -1.46. The second kappa shape index (κ2) is 6.10. The predicted octanol–water partition coefficient (Wildman–Crippen LogP) is 3.39. The number of hydrogen-bond donors (Lipinski definition) is 0. The van der Waals surface area contributed by atoms with Crippen LogP contribution in [0.25, 0.3) is 0 Å². The molecule has 1 heterocycles. The van der Waals surface area contributed by atoms with Crippen LogP contribution < -0.4 is 0 Å². The molecule has 2 rings (SSSR count). The largest absolute Gasteiger partial charge is 0.270 e. The molecule has 0 aliphatic heterocycles. The van der Waals surface area contributed by atoms with E-state index in [1.54, 1.807) is 35.2 Å². The van der Waals surface area contributed by atoms with Gasteiger partial charge < -0.3 is 0 Å². The van der Waals surface area contributed by atoms with Crippen LogP contribution in [-0.2, 0) is 0 Å². The number of hydrogen-bond acceptors (Lipinski definition) is 4. The van der Waals surface area contributed by atoms with Gasteiger partial charge in [0.2, 0.25) is 0 Å². The molecule has 0 atom stereocenters. The summed E-state index contributed by atoms with van der Waals surface area (Å²) in [6.07, 6.45) is 1.77. The molecule has 0 saturated carbocycles. The van der Waals surface area contributed by atoms with Crippen molar-refractivity contribution < 1.29 is 4.92 Å². The van der Waals surface area contributed by atoms with E-state index in [9.17, 15) is 10.1 Å². The van der Waals surface area contributed by atoms with Crippen molar-refractivity contribution in [3.05, 3.63) is 56.5 Å². The monoisotopic (exact) mass is 242 g/mol. The highest BCUT2D eigenvalue weighted by Gasteiger charge is 2.02. The van der Waals surface area contributed by atoms with Gasteiger partial charge in [-0.25, -0.2) is 0 Å². The number of non-ortho nitro benzene ring substituents is 1. The molecule has 15 heavy (non-hydrogen) atoms. The minimum atomic E-state index is -0.480. The molecule has 0 unspecified atom stereocenters. The fourth-order valence-electron chi connectivity index (χ4n) is 0.765. The maximum Gasteiger partial charge on any atom is 0.270 e. The van der Waals surface area contributed by atoms with Crippen molar-refractivity contribution in [3.8, 4) is 0 Å². The standard InChI is InChI=1S/C6H4ClNO2.C3H3NS/c7-5-2-1-3-6(4-5)8(9)10;1-2-5-3-4-1/h1-4H;1-3H. The van der Waals surface area contributed by atoms with Gasteiger partial charge in [-0.3, -0.25) is 15.1 Å². The van der Waals surface area contributed by atoms with Crippen LogP contribution in [0.1, 0.15) is 0 Å². The maximum atomic E-state index is 10.1. The highest BCUT2D eigenvalue weighted by Crippen LogP contribution is 2.16. The van der Waals surface area contributed by atoms with Gasteiger partial charge in [0.1, 0.15) is 0 Å². The van der Waals surface area contributed by atoms with Crippen LogP contribution in [0.3, 0.4) is 0 Å². The topological polar surface area (TPSA) is 56.0 Å². The number of thiazole rings is 1. The molecule has 0 fully saturated rings. The Kier molecular flexibility index (Phi) is 4.73. The van der Waals surface area contributed by atoms with E-state index in [4.69, 9.17) is 11.6 Å². The molecule has 1 aromatic carbocycles. The average molecular weight is 243 g/mol. The second-order valence-corrected chi connectivity index (χ2v) is 3.60. The lowest BCUT2D eigenvalue weighted by Crippen LogP contribution is -1.85. The molecular weight excluding hydrogens is 236 g/mol. The Labute approximate surface area is 95.3 Å². The molecule has 0 amide bonds. The average Bonchev–Trinajstić information content (AvgIpc) is 2.75. The molecule has 0 aliphatic rings. The van der Waals surface area contributed by atoms with Crippen molar-refractivity contribution in [1.29, 1.82) is 0 Å². The van der Waals surface area contributed by atoms with Crippen LogP contribution in [0.5, 0.6) is 0 Å². The van der Waals surface area contributed by atoms with E-state index in [2.05, 4.69) is 4.98 Å². The third-order valence-electron chi connectivity index (χ3n) is 1.37. The first-order valence-electron chi connectivity index (χ1n) is 3.92. The van der Waals surface area contributed by atoms with E-state index in [0.717, 1.165) is 0 Å². The summed E-state index contributed by atoms with van der Waals surface area (Å²) in [6.45, 7) is 0. The lowest BCUT2D eigenvalue weighted by atomic mass is 10.3. The molecular formula is C9H7ClN2O2S. The first kappa shape index (κ1) is 11.6. The Morgan fingerprint density at radius 3 is 2.60 bits per heavy atom. The number of nitro groups is 1. The summed E-state index contributed by atoms with van der Waals surface area (Å²) in [5.41, 5.74) is 1.81. The summed E-state index contributed by atoms with van der Waals surface area (Å²) in [4.78, 5) is 13.4. The minimum Gasteiger partial charge on any atom is -0.258 e. The smallest absolute Gasteiger partial charge is 0.258 e. The minimum absolute atomic E-state index is 0.0208. The molecule has 6 heteroatoms. The molecule has 2 aromatic rings. The molecule has 0 saturated heterocycles. The van der Waals surface area contributed by atoms with Crippen LogP contribution in [0.15, 0.2) is 41.4 Å². The Balaban J connectivity index is 0.000000187. The third-order valence-corrected chi connectivity index (χ3v) is 2.12. The van der Waals surface area contributed by atoms with Crippen molar-refractivity contribution in [1.82, 2.24) is 4.98 Å². The van der Waals surface area contributed by atoms with Gasteiger partial charge >= 0.3 is 0 Å². The second-order valence-electron chi connectivity index (χ2n) is 2.41. The number of nitrogens with zero attached hydrogens (tertiary/aromatic N) is 2. The van der Waals surface area contributed by atoms with E-state index in [0.29, 0.717) is 5.02 Å². The third kappa shape index (κ3) is 4.53. The van der Waals surface area contributed by atoms with Gasteiger partial charge in [-0.2, -0.15) is 0 Å². The van der Waals surface area contributed by atoms with E-state index < -0.39 is 4.92 Å². The van der Waals surface area contributed by atoms with Crippen LogP contribution in [0, 0.1) is 10.1 Å². The fraction of sp³-hybridized carbons (Fsp3) is 0. The highest BCUT2D eigenvalue weighted by molar-refractivity contribution is 7.07. The quantitative estimate of drug-likeness (QED) is 0.569. The lowest BCUT2D eigenvalue weighted by molar-refractivity contribution is -0.384. The number of benzene rings is 1. The van der Waals surface area contributed by atoms with Gasteiger partial charge in [-0.05, 0) is 6.07 Å². The van der Waals surface area contributed by atoms with E-state index in [1.165, 1.54) is 12.1 Å². The summed E-state index contributed by atoms with van der Waals surface area (Å²) in [5, 5.41) is 12.4. The number of nitro benzene ring substituents is 1. The Bertz CT molecular complexity index is 403. The Morgan fingerprint density at radius 1 is 1.47 bits per heavy atom. The van der Waals surface area contributed by atoms with Crippen LogP contribution in [-0.4, -0.2) is 9.91 Å². The molecule has 0 radical (unpaired) electrons. The summed E-state index contributed by atoms with van der Waals surface area (Å²) in [6, 6.07) is 5.84. The molecule has 0 N–H and O–H groups in total. The van der Waals surface area contributed by atoms with Crippen molar-refractivity contribution >= 4 is 28.6 Å². The molecule has 0 aliphatic carbocycles. The van der Waals surface area contributed by atoms with Crippen molar-refractivity contribution in [3.63, 3.8) is 0 Å². The summed E-state index contributed by atoms with van der Waals surface area (Å²) in [7, 11) is 0. The maximum absolute atomic E-state index is 10.1. The summed E-state index contributed by atoms with van der Waals surface area (Å²) >= 11 is 7.09. The molecule has 4 nitrogen and oxygen atoms in total. The summed E-state index contributed by atoms with van der Waals surface area (Å²) in [5.74, 6) is 0. The first-order valence-corrected chi connectivity index (χ1v) is 5.24. The molecule has 1 aromatic heterocycles. The van der Waals surface area contributed by atoms with Crippen LogP contribution in [0.4, 0.5) is 5.69 Å². The normalized spacial score (nSPS) is 8.87. The fourth-order valence-corrected chi connectivity index (χ4v) is 1.30.